The van der Waals surface area contributed by atoms with Crippen molar-refractivity contribution in [3.63, 3.8) is 0 Å². The molecule has 2 aromatic carbocycles. The highest BCUT2D eigenvalue weighted by molar-refractivity contribution is 7.91. The molecule has 0 unspecified atom stereocenters. The SMILES string of the molecule is Cc1csc(-c2ccc(CCc3ccc(CS(=O)(=O)C(C)C)cc3)c(C)c2)c1. The summed E-state index contributed by atoms with van der Waals surface area (Å²) < 4.78 is 24.1. The number of thiophene rings is 1. The maximum atomic E-state index is 12.1. The van der Waals surface area contributed by atoms with E-state index in [4.69, 9.17) is 0 Å². The zero-order valence-corrected chi connectivity index (χ0v) is 18.7. The van der Waals surface area contributed by atoms with Crippen LogP contribution >= 0.6 is 11.3 Å². The molecular weight excluding hydrogens is 384 g/mol. The maximum Gasteiger partial charge on any atom is 0.156 e. The summed E-state index contributed by atoms with van der Waals surface area (Å²) in [7, 11) is -3.05. The smallest absolute Gasteiger partial charge is 0.156 e. The molecule has 0 bridgehead atoms. The number of rotatable bonds is 7. The van der Waals surface area contributed by atoms with Gasteiger partial charge in [0.1, 0.15) is 0 Å². The number of hydrogen-bond acceptors (Lipinski definition) is 3. The lowest BCUT2D eigenvalue weighted by atomic mass is 9.98. The standard InChI is InChI=1S/C24H28O2S2/c1-17(2)28(25,26)16-21-7-5-20(6-8-21)9-10-22-11-12-23(14-19(22)4)24-13-18(3)15-27-24/h5-8,11-15,17H,9-10,16H2,1-4H3. The van der Waals surface area contributed by atoms with Crippen molar-refractivity contribution in [1.82, 2.24) is 0 Å². The Kier molecular flexibility index (Phi) is 6.41. The lowest BCUT2D eigenvalue weighted by Crippen LogP contribution is -2.15. The molecule has 28 heavy (non-hydrogen) atoms. The zero-order valence-electron chi connectivity index (χ0n) is 17.0. The van der Waals surface area contributed by atoms with E-state index in [1.807, 2.05) is 12.1 Å². The van der Waals surface area contributed by atoms with Crippen LogP contribution in [0.25, 0.3) is 10.4 Å². The van der Waals surface area contributed by atoms with Crippen molar-refractivity contribution in [3.05, 3.63) is 81.7 Å². The average molecular weight is 413 g/mol. The van der Waals surface area contributed by atoms with E-state index in [1.165, 1.54) is 32.7 Å². The van der Waals surface area contributed by atoms with Crippen molar-refractivity contribution in [2.75, 3.05) is 0 Å². The Morgan fingerprint density at radius 1 is 0.893 bits per heavy atom. The van der Waals surface area contributed by atoms with Gasteiger partial charge in [-0.15, -0.1) is 11.3 Å². The van der Waals surface area contributed by atoms with Crippen LogP contribution in [0.1, 0.15) is 41.7 Å². The molecule has 2 nitrogen and oxygen atoms in total. The first-order valence-corrected chi connectivity index (χ1v) is 12.3. The molecule has 0 aliphatic rings. The van der Waals surface area contributed by atoms with Crippen molar-refractivity contribution in [2.45, 2.75) is 51.5 Å². The molecule has 3 aromatic rings. The highest BCUT2D eigenvalue weighted by Gasteiger charge is 2.16. The second-order valence-electron chi connectivity index (χ2n) is 7.80. The van der Waals surface area contributed by atoms with Gasteiger partial charge in [-0.1, -0.05) is 42.5 Å². The summed E-state index contributed by atoms with van der Waals surface area (Å²) in [6.45, 7) is 7.78. The Balaban J connectivity index is 1.64. The summed E-state index contributed by atoms with van der Waals surface area (Å²) in [5.41, 5.74) is 7.39. The van der Waals surface area contributed by atoms with Crippen LogP contribution in [0, 0.1) is 13.8 Å². The van der Waals surface area contributed by atoms with Gasteiger partial charge in [-0.25, -0.2) is 8.42 Å². The van der Waals surface area contributed by atoms with Gasteiger partial charge in [0.2, 0.25) is 0 Å². The van der Waals surface area contributed by atoms with E-state index in [-0.39, 0.29) is 11.0 Å². The molecule has 0 saturated heterocycles. The highest BCUT2D eigenvalue weighted by atomic mass is 32.2. The second-order valence-corrected chi connectivity index (χ2v) is 11.3. The first kappa shape index (κ1) is 20.8. The molecule has 0 saturated carbocycles. The Morgan fingerprint density at radius 2 is 1.57 bits per heavy atom. The van der Waals surface area contributed by atoms with Gasteiger partial charge in [0.25, 0.3) is 0 Å². The van der Waals surface area contributed by atoms with E-state index in [0.717, 1.165) is 18.4 Å². The zero-order chi connectivity index (χ0) is 20.3. The van der Waals surface area contributed by atoms with Gasteiger partial charge < -0.3 is 0 Å². The molecule has 0 atom stereocenters. The van der Waals surface area contributed by atoms with Crippen molar-refractivity contribution in [3.8, 4) is 10.4 Å². The molecule has 0 spiro atoms. The molecule has 148 valence electrons. The van der Waals surface area contributed by atoms with Crippen molar-refractivity contribution >= 4 is 21.2 Å². The third-order valence-corrected chi connectivity index (χ3v) is 8.42. The minimum absolute atomic E-state index is 0.119. The van der Waals surface area contributed by atoms with E-state index in [2.05, 4.69) is 55.6 Å². The van der Waals surface area contributed by atoms with E-state index in [9.17, 15) is 8.42 Å². The predicted molar refractivity (Wildman–Crippen MR) is 121 cm³/mol. The first-order valence-electron chi connectivity index (χ1n) is 9.69. The van der Waals surface area contributed by atoms with Gasteiger partial charge in [-0.2, -0.15) is 0 Å². The molecule has 0 aliphatic heterocycles. The molecule has 1 aromatic heterocycles. The quantitative estimate of drug-likeness (QED) is 0.467. The van der Waals surface area contributed by atoms with Crippen LogP contribution in [0.5, 0.6) is 0 Å². The molecule has 0 radical (unpaired) electrons. The predicted octanol–water partition coefficient (Wildman–Crippen LogP) is 6.14. The fraction of sp³-hybridized carbons (Fsp3) is 0.333. The summed E-state index contributed by atoms with van der Waals surface area (Å²) in [4.78, 5) is 1.32. The summed E-state index contributed by atoms with van der Waals surface area (Å²) in [5.74, 6) is 0.119. The second kappa shape index (κ2) is 8.62. The number of hydrogen-bond donors (Lipinski definition) is 0. The molecule has 0 fully saturated rings. The van der Waals surface area contributed by atoms with Crippen molar-refractivity contribution in [2.24, 2.45) is 0 Å². The van der Waals surface area contributed by atoms with Gasteiger partial charge in [0, 0.05) is 4.88 Å². The summed E-state index contributed by atoms with van der Waals surface area (Å²) >= 11 is 1.79. The number of benzene rings is 2. The molecule has 3 rings (SSSR count). The van der Waals surface area contributed by atoms with Gasteiger partial charge in [0.15, 0.2) is 9.84 Å². The van der Waals surface area contributed by atoms with Gasteiger partial charge >= 0.3 is 0 Å². The minimum Gasteiger partial charge on any atom is -0.228 e. The summed E-state index contributed by atoms with van der Waals surface area (Å²) in [5, 5.41) is 1.85. The Labute approximate surface area is 173 Å². The Bertz CT molecular complexity index is 1040. The van der Waals surface area contributed by atoms with Gasteiger partial charge in [0.05, 0.1) is 11.0 Å². The lowest BCUT2D eigenvalue weighted by Gasteiger charge is -2.10. The molecular formula is C24H28O2S2. The van der Waals surface area contributed by atoms with Crippen LogP contribution in [-0.4, -0.2) is 13.7 Å². The average Bonchev–Trinajstić information content (AvgIpc) is 3.08. The lowest BCUT2D eigenvalue weighted by molar-refractivity contribution is 0.586. The summed E-state index contributed by atoms with van der Waals surface area (Å²) in [6.07, 6.45) is 1.94. The fourth-order valence-electron chi connectivity index (χ4n) is 3.19. The van der Waals surface area contributed by atoms with Gasteiger partial charge in [-0.05, 0) is 85.4 Å². The molecule has 0 aliphatic carbocycles. The minimum atomic E-state index is -3.05. The molecule has 4 heteroatoms. The highest BCUT2D eigenvalue weighted by Crippen LogP contribution is 2.29. The van der Waals surface area contributed by atoms with Crippen LogP contribution in [0.15, 0.2) is 53.9 Å². The van der Waals surface area contributed by atoms with E-state index in [0.29, 0.717) is 0 Å². The number of sulfone groups is 1. The maximum absolute atomic E-state index is 12.1. The summed E-state index contributed by atoms with van der Waals surface area (Å²) in [6, 6.07) is 17.0. The van der Waals surface area contributed by atoms with E-state index in [1.54, 1.807) is 25.2 Å². The van der Waals surface area contributed by atoms with E-state index >= 15 is 0 Å². The monoisotopic (exact) mass is 412 g/mol. The van der Waals surface area contributed by atoms with Crippen LogP contribution in [0.3, 0.4) is 0 Å². The van der Waals surface area contributed by atoms with Crippen LogP contribution < -0.4 is 0 Å². The van der Waals surface area contributed by atoms with E-state index < -0.39 is 9.84 Å². The first-order chi connectivity index (χ1) is 13.2. The van der Waals surface area contributed by atoms with Crippen LogP contribution in [0.2, 0.25) is 0 Å². The fourth-order valence-corrected chi connectivity index (χ4v) is 5.08. The van der Waals surface area contributed by atoms with Crippen LogP contribution in [-0.2, 0) is 28.4 Å². The van der Waals surface area contributed by atoms with Crippen molar-refractivity contribution < 1.29 is 8.42 Å². The number of aryl methyl sites for hydroxylation is 4. The molecule has 0 N–H and O–H groups in total. The normalized spacial score (nSPS) is 11.9. The topological polar surface area (TPSA) is 34.1 Å². The molecule has 0 amide bonds. The van der Waals surface area contributed by atoms with Crippen LogP contribution in [0.4, 0.5) is 0 Å². The Morgan fingerprint density at radius 3 is 2.14 bits per heavy atom. The third kappa shape index (κ3) is 5.12. The van der Waals surface area contributed by atoms with Crippen molar-refractivity contribution in [1.29, 1.82) is 0 Å². The molecule has 1 heterocycles. The largest absolute Gasteiger partial charge is 0.228 e. The third-order valence-electron chi connectivity index (χ3n) is 5.15. The van der Waals surface area contributed by atoms with Gasteiger partial charge in [-0.3, -0.25) is 0 Å². The Hall–Kier alpha value is -1.91.